The average molecular weight is 475 g/mol. The number of carbonyl (C=O) groups is 2. The molecule has 1 unspecified atom stereocenters. The van der Waals surface area contributed by atoms with Crippen LogP contribution in [0.25, 0.3) is 0 Å². The molecule has 0 aliphatic carbocycles. The van der Waals surface area contributed by atoms with Crippen molar-refractivity contribution in [2.45, 2.75) is 50.7 Å². The smallest absolute Gasteiger partial charge is 0.245 e. The zero-order chi connectivity index (χ0) is 24.5. The van der Waals surface area contributed by atoms with Crippen LogP contribution in [0.2, 0.25) is 0 Å². The molecule has 1 aliphatic rings. The second-order valence-electron chi connectivity index (χ2n) is 9.13. The number of aromatic amines is 1. The minimum Gasteiger partial charge on any atom is -0.367 e. The van der Waals surface area contributed by atoms with Gasteiger partial charge in [0.15, 0.2) is 0 Å². The van der Waals surface area contributed by atoms with Crippen molar-refractivity contribution in [3.05, 3.63) is 90.0 Å². The summed E-state index contributed by atoms with van der Waals surface area (Å²) in [4.78, 5) is 35.2. The van der Waals surface area contributed by atoms with Crippen LogP contribution in [0.15, 0.2) is 73.2 Å². The first kappa shape index (κ1) is 24.7. The maximum Gasteiger partial charge on any atom is 0.245 e. The second kappa shape index (κ2) is 11.8. The Hall–Kier alpha value is -3.45. The first-order valence-corrected chi connectivity index (χ1v) is 12.4. The molecule has 2 heterocycles. The number of nitrogens with one attached hydrogen (secondary N) is 2. The molecule has 2 N–H and O–H groups in total. The van der Waals surface area contributed by atoms with Crippen LogP contribution in [0.1, 0.15) is 43.0 Å². The Morgan fingerprint density at radius 1 is 1.11 bits per heavy atom. The van der Waals surface area contributed by atoms with E-state index in [0.29, 0.717) is 32.5 Å². The van der Waals surface area contributed by atoms with Gasteiger partial charge in [-0.15, -0.1) is 0 Å². The molecule has 1 fully saturated rings. The van der Waals surface area contributed by atoms with Crippen LogP contribution >= 0.6 is 0 Å². The quantitative estimate of drug-likeness (QED) is 0.393. The number of likely N-dealkylation sites (tertiary alicyclic amines) is 1. The fourth-order valence-electron chi connectivity index (χ4n) is 4.44. The predicted molar refractivity (Wildman–Crippen MR) is 135 cm³/mol. The van der Waals surface area contributed by atoms with Gasteiger partial charge < -0.3 is 19.9 Å². The number of rotatable bonds is 12. The zero-order valence-electron chi connectivity index (χ0n) is 20.3. The monoisotopic (exact) mass is 474 g/mol. The van der Waals surface area contributed by atoms with Crippen LogP contribution in [0.4, 0.5) is 0 Å². The van der Waals surface area contributed by atoms with Crippen LogP contribution in [-0.4, -0.2) is 52.4 Å². The predicted octanol–water partition coefficient (Wildman–Crippen LogP) is 3.62. The van der Waals surface area contributed by atoms with Gasteiger partial charge in [-0.1, -0.05) is 74.0 Å². The fraction of sp³-hybridized carbons (Fsp3) is 0.393. The van der Waals surface area contributed by atoms with Crippen molar-refractivity contribution in [3.63, 3.8) is 0 Å². The number of ether oxygens (including phenoxy) is 1. The van der Waals surface area contributed by atoms with Crippen molar-refractivity contribution >= 4 is 11.8 Å². The summed E-state index contributed by atoms with van der Waals surface area (Å²) in [6.45, 7) is 3.75. The van der Waals surface area contributed by atoms with Crippen molar-refractivity contribution in [1.82, 2.24) is 20.2 Å². The standard InChI is InChI=1S/C28H34N4O3/c1-2-3-16-35-28(23-12-8-5-9-13-23)19-32(20-28)27(34)25(17-22-10-6-4-7-11-22)31-26(33)15-14-24-18-29-21-30-24/h4-13,18,21,25H,2-3,14-17,19-20H2,1H3,(H,29,30)(H,31,33). The molecule has 184 valence electrons. The number of amides is 2. The Kier molecular flexibility index (Phi) is 8.32. The maximum atomic E-state index is 13.6. The van der Waals surface area contributed by atoms with Crippen LogP contribution in [-0.2, 0) is 32.8 Å². The number of hydrogen-bond acceptors (Lipinski definition) is 4. The lowest BCUT2D eigenvalue weighted by Gasteiger charge is -2.51. The number of H-pyrrole nitrogens is 1. The van der Waals surface area contributed by atoms with E-state index in [0.717, 1.165) is 29.7 Å². The summed E-state index contributed by atoms with van der Waals surface area (Å²) < 4.78 is 6.34. The molecule has 4 rings (SSSR count). The first-order chi connectivity index (χ1) is 17.1. The number of aromatic nitrogens is 2. The molecule has 1 aliphatic heterocycles. The van der Waals surface area contributed by atoms with Gasteiger partial charge in [0, 0.05) is 25.6 Å². The van der Waals surface area contributed by atoms with Gasteiger partial charge in [-0.3, -0.25) is 9.59 Å². The van der Waals surface area contributed by atoms with E-state index in [1.807, 2.05) is 48.5 Å². The van der Waals surface area contributed by atoms with Gasteiger partial charge in [0.05, 0.1) is 25.1 Å². The van der Waals surface area contributed by atoms with Crippen molar-refractivity contribution in [2.75, 3.05) is 19.7 Å². The first-order valence-electron chi connectivity index (χ1n) is 12.4. The fourth-order valence-corrected chi connectivity index (χ4v) is 4.44. The highest BCUT2D eigenvalue weighted by molar-refractivity contribution is 5.88. The van der Waals surface area contributed by atoms with Gasteiger partial charge in [0.2, 0.25) is 11.8 Å². The highest BCUT2D eigenvalue weighted by Crippen LogP contribution is 2.36. The molecule has 1 saturated heterocycles. The number of unbranched alkanes of at least 4 members (excludes halogenated alkanes) is 1. The molecule has 7 nitrogen and oxygen atoms in total. The lowest BCUT2D eigenvalue weighted by molar-refractivity contribution is -0.175. The van der Waals surface area contributed by atoms with E-state index in [4.69, 9.17) is 4.74 Å². The highest BCUT2D eigenvalue weighted by atomic mass is 16.5. The molecule has 1 aromatic heterocycles. The molecule has 0 radical (unpaired) electrons. The molecular formula is C28H34N4O3. The number of benzene rings is 2. The Morgan fingerprint density at radius 3 is 2.49 bits per heavy atom. The normalized spacial score (nSPS) is 15.3. The number of aryl methyl sites for hydroxylation is 1. The molecule has 2 aromatic carbocycles. The SMILES string of the molecule is CCCCOC1(c2ccccc2)CN(C(=O)C(Cc2ccccc2)NC(=O)CCc2c[nH]cn2)C1. The van der Waals surface area contributed by atoms with Gasteiger partial charge in [-0.2, -0.15) is 0 Å². The summed E-state index contributed by atoms with van der Waals surface area (Å²) in [5.74, 6) is -0.232. The van der Waals surface area contributed by atoms with Gasteiger partial charge in [0.25, 0.3) is 0 Å². The number of hydrogen-bond donors (Lipinski definition) is 2. The summed E-state index contributed by atoms with van der Waals surface area (Å²) >= 11 is 0. The van der Waals surface area contributed by atoms with Crippen molar-refractivity contribution < 1.29 is 14.3 Å². The Morgan fingerprint density at radius 2 is 1.83 bits per heavy atom. The largest absolute Gasteiger partial charge is 0.367 e. The minimum absolute atomic E-state index is 0.0763. The van der Waals surface area contributed by atoms with Crippen molar-refractivity contribution in [2.24, 2.45) is 0 Å². The van der Waals surface area contributed by atoms with E-state index < -0.39 is 11.6 Å². The number of carbonyl (C=O) groups excluding carboxylic acids is 2. The van der Waals surface area contributed by atoms with E-state index in [1.54, 1.807) is 17.4 Å². The second-order valence-corrected chi connectivity index (χ2v) is 9.13. The lowest BCUT2D eigenvalue weighted by atomic mass is 9.84. The highest BCUT2D eigenvalue weighted by Gasteiger charge is 2.48. The van der Waals surface area contributed by atoms with Crippen LogP contribution in [0.3, 0.4) is 0 Å². The molecule has 2 amide bonds. The van der Waals surface area contributed by atoms with Gasteiger partial charge >= 0.3 is 0 Å². The summed E-state index contributed by atoms with van der Waals surface area (Å²) in [6, 6.07) is 19.3. The number of nitrogens with zero attached hydrogens (tertiary/aromatic N) is 2. The van der Waals surface area contributed by atoms with Crippen LogP contribution in [0.5, 0.6) is 0 Å². The topological polar surface area (TPSA) is 87.3 Å². The van der Waals surface area contributed by atoms with Crippen LogP contribution < -0.4 is 5.32 Å². The Bertz CT molecular complexity index is 1060. The van der Waals surface area contributed by atoms with E-state index in [2.05, 4.69) is 34.3 Å². The van der Waals surface area contributed by atoms with E-state index in [1.165, 1.54) is 0 Å². The van der Waals surface area contributed by atoms with Crippen molar-refractivity contribution in [3.8, 4) is 0 Å². The summed E-state index contributed by atoms with van der Waals surface area (Å²) in [6.07, 6.45) is 6.65. The van der Waals surface area contributed by atoms with E-state index >= 15 is 0 Å². The molecule has 1 atom stereocenters. The Balaban J connectivity index is 1.44. The molecule has 0 bridgehead atoms. The third kappa shape index (κ3) is 6.36. The maximum absolute atomic E-state index is 13.6. The third-order valence-electron chi connectivity index (χ3n) is 6.46. The Labute approximate surface area is 206 Å². The summed E-state index contributed by atoms with van der Waals surface area (Å²) in [5.41, 5.74) is 2.42. The number of imidazole rings is 1. The third-order valence-corrected chi connectivity index (χ3v) is 6.46. The zero-order valence-corrected chi connectivity index (χ0v) is 20.3. The van der Waals surface area contributed by atoms with Gasteiger partial charge in [-0.05, 0) is 24.0 Å². The molecule has 35 heavy (non-hydrogen) atoms. The molecule has 7 heteroatoms. The van der Waals surface area contributed by atoms with Crippen LogP contribution in [0, 0.1) is 0 Å². The van der Waals surface area contributed by atoms with Gasteiger partial charge in [-0.25, -0.2) is 4.98 Å². The minimum atomic E-state index is -0.631. The molecule has 0 spiro atoms. The van der Waals surface area contributed by atoms with Gasteiger partial charge in [0.1, 0.15) is 11.6 Å². The molecular weight excluding hydrogens is 440 g/mol. The molecule has 0 saturated carbocycles. The lowest BCUT2D eigenvalue weighted by Crippen LogP contribution is -2.66. The molecule has 3 aromatic rings. The van der Waals surface area contributed by atoms with Crippen molar-refractivity contribution in [1.29, 1.82) is 0 Å². The van der Waals surface area contributed by atoms with E-state index in [9.17, 15) is 9.59 Å². The summed E-state index contributed by atoms with van der Waals surface area (Å²) in [7, 11) is 0. The van der Waals surface area contributed by atoms with E-state index in [-0.39, 0.29) is 18.2 Å². The average Bonchev–Trinajstić information content (AvgIpc) is 3.39. The summed E-state index contributed by atoms with van der Waals surface area (Å²) in [5, 5.41) is 2.99.